The average molecular weight is 343 g/mol. The minimum atomic E-state index is -1.16. The number of rotatable bonds is 3. The highest BCUT2D eigenvalue weighted by molar-refractivity contribution is 5.98. The van der Waals surface area contributed by atoms with Crippen LogP contribution in [0.1, 0.15) is 33.9 Å². The SMILES string of the molecule is Cc1ccc(C(=O)C2CC(C#N)(C#N)CN(C)C2c2ccccc2)cc1. The van der Waals surface area contributed by atoms with Crippen molar-refractivity contribution in [1.82, 2.24) is 4.90 Å². The topological polar surface area (TPSA) is 67.9 Å². The van der Waals surface area contributed by atoms with Crippen LogP contribution in [-0.4, -0.2) is 24.3 Å². The number of benzene rings is 2. The van der Waals surface area contributed by atoms with Gasteiger partial charge in [-0.25, -0.2) is 0 Å². The summed E-state index contributed by atoms with van der Waals surface area (Å²) in [5.74, 6) is -0.460. The average Bonchev–Trinajstić information content (AvgIpc) is 2.68. The Morgan fingerprint density at radius 2 is 1.69 bits per heavy atom. The Hall–Kier alpha value is -2.95. The van der Waals surface area contributed by atoms with Crippen LogP contribution in [0.4, 0.5) is 0 Å². The Bertz CT molecular complexity index is 860. The summed E-state index contributed by atoms with van der Waals surface area (Å²) in [5.41, 5.74) is 1.59. The first-order chi connectivity index (χ1) is 12.5. The molecule has 1 heterocycles. The molecule has 2 atom stereocenters. The third-order valence-corrected chi connectivity index (χ3v) is 5.19. The molecule has 0 aromatic heterocycles. The quantitative estimate of drug-likeness (QED) is 0.793. The van der Waals surface area contributed by atoms with Gasteiger partial charge in [-0.3, -0.25) is 9.69 Å². The van der Waals surface area contributed by atoms with E-state index < -0.39 is 11.3 Å². The molecule has 0 bridgehead atoms. The van der Waals surface area contributed by atoms with Gasteiger partial charge < -0.3 is 0 Å². The maximum absolute atomic E-state index is 13.3. The molecule has 2 aromatic carbocycles. The summed E-state index contributed by atoms with van der Waals surface area (Å²) >= 11 is 0. The van der Waals surface area contributed by atoms with Crippen LogP contribution in [0.15, 0.2) is 54.6 Å². The number of nitriles is 2. The fraction of sp³-hybridized carbons (Fsp3) is 0.318. The second kappa shape index (κ2) is 7.12. The lowest BCUT2D eigenvalue weighted by Gasteiger charge is -2.43. The molecule has 1 saturated heterocycles. The Morgan fingerprint density at radius 3 is 2.27 bits per heavy atom. The van der Waals surface area contributed by atoms with Gasteiger partial charge in [0, 0.05) is 24.1 Å². The van der Waals surface area contributed by atoms with Gasteiger partial charge in [0.1, 0.15) is 0 Å². The Balaban J connectivity index is 2.05. The maximum Gasteiger partial charge on any atom is 0.167 e. The number of ketones is 1. The lowest BCUT2D eigenvalue weighted by atomic mass is 9.70. The molecule has 1 fully saturated rings. The van der Waals surface area contributed by atoms with Crippen LogP contribution in [0.5, 0.6) is 0 Å². The van der Waals surface area contributed by atoms with Gasteiger partial charge >= 0.3 is 0 Å². The maximum atomic E-state index is 13.3. The van der Waals surface area contributed by atoms with Crippen LogP contribution in [0, 0.1) is 40.9 Å². The third-order valence-electron chi connectivity index (χ3n) is 5.19. The third kappa shape index (κ3) is 3.25. The standard InChI is InChI=1S/C22H21N3O/c1-16-8-10-18(11-9-16)21(26)19-12-22(13-23,14-24)15-25(2)20(19)17-6-4-3-5-7-17/h3-11,19-20H,12,15H2,1-2H3. The van der Waals surface area contributed by atoms with Crippen molar-refractivity contribution in [2.75, 3.05) is 13.6 Å². The van der Waals surface area contributed by atoms with Crippen LogP contribution in [0.2, 0.25) is 0 Å². The van der Waals surface area contributed by atoms with Crippen molar-refractivity contribution >= 4 is 5.78 Å². The summed E-state index contributed by atoms with van der Waals surface area (Å²) in [6.45, 7) is 2.31. The highest BCUT2D eigenvalue weighted by atomic mass is 16.1. The van der Waals surface area contributed by atoms with Crippen molar-refractivity contribution in [3.05, 3.63) is 71.3 Å². The molecule has 1 aliphatic rings. The van der Waals surface area contributed by atoms with Crippen molar-refractivity contribution in [1.29, 1.82) is 10.5 Å². The van der Waals surface area contributed by atoms with Crippen LogP contribution in [0.25, 0.3) is 0 Å². The number of carbonyl (C=O) groups is 1. The summed E-state index contributed by atoms with van der Waals surface area (Å²) in [7, 11) is 1.88. The number of hydrogen-bond donors (Lipinski definition) is 0. The second-order valence-electron chi connectivity index (χ2n) is 7.12. The summed E-state index contributed by atoms with van der Waals surface area (Å²) in [6.07, 6.45) is 0.247. The molecule has 0 saturated carbocycles. The lowest BCUT2D eigenvalue weighted by Crippen LogP contribution is -2.48. The number of nitrogens with zero attached hydrogens (tertiary/aromatic N) is 3. The highest BCUT2D eigenvalue weighted by Crippen LogP contribution is 2.44. The number of hydrogen-bond acceptors (Lipinski definition) is 4. The Morgan fingerprint density at radius 1 is 1.08 bits per heavy atom. The molecule has 26 heavy (non-hydrogen) atoms. The van der Waals surface area contributed by atoms with Gasteiger partial charge in [0.2, 0.25) is 0 Å². The normalized spacial score (nSPS) is 22.2. The first-order valence-electron chi connectivity index (χ1n) is 8.68. The van der Waals surface area contributed by atoms with Crippen LogP contribution in [-0.2, 0) is 0 Å². The van der Waals surface area contributed by atoms with Gasteiger partial charge in [0.15, 0.2) is 11.2 Å². The van der Waals surface area contributed by atoms with Crippen molar-refractivity contribution in [2.45, 2.75) is 19.4 Å². The van der Waals surface area contributed by atoms with Gasteiger partial charge in [-0.15, -0.1) is 0 Å². The van der Waals surface area contributed by atoms with E-state index in [0.29, 0.717) is 12.1 Å². The van der Waals surface area contributed by atoms with Crippen molar-refractivity contribution in [2.24, 2.45) is 11.3 Å². The predicted octanol–water partition coefficient (Wildman–Crippen LogP) is 3.90. The van der Waals surface area contributed by atoms with E-state index >= 15 is 0 Å². The van der Waals surface area contributed by atoms with E-state index in [1.54, 1.807) is 0 Å². The zero-order chi connectivity index (χ0) is 18.7. The van der Waals surface area contributed by atoms with E-state index in [9.17, 15) is 15.3 Å². The van der Waals surface area contributed by atoms with Crippen molar-refractivity contribution < 1.29 is 4.79 Å². The summed E-state index contributed by atoms with van der Waals surface area (Å²) in [6, 6.07) is 21.5. The van der Waals surface area contributed by atoms with Crippen molar-refractivity contribution in [3.8, 4) is 12.1 Å². The molecule has 0 amide bonds. The van der Waals surface area contributed by atoms with Gasteiger partial charge in [0.25, 0.3) is 0 Å². The Kier molecular flexibility index (Phi) is 4.89. The van der Waals surface area contributed by atoms with Crippen LogP contribution in [0.3, 0.4) is 0 Å². The van der Waals surface area contributed by atoms with E-state index in [4.69, 9.17) is 0 Å². The predicted molar refractivity (Wildman–Crippen MR) is 99.1 cm³/mol. The minimum absolute atomic E-state index is 0.0136. The molecule has 130 valence electrons. The van der Waals surface area contributed by atoms with Crippen molar-refractivity contribution in [3.63, 3.8) is 0 Å². The molecular weight excluding hydrogens is 322 g/mol. The van der Waals surface area contributed by atoms with E-state index in [-0.39, 0.29) is 18.2 Å². The van der Waals surface area contributed by atoms with Crippen LogP contribution >= 0.6 is 0 Å². The zero-order valence-corrected chi connectivity index (χ0v) is 15.0. The number of aryl methyl sites for hydroxylation is 1. The highest BCUT2D eigenvalue weighted by Gasteiger charge is 2.47. The molecule has 0 spiro atoms. The fourth-order valence-electron chi connectivity index (χ4n) is 3.87. The lowest BCUT2D eigenvalue weighted by molar-refractivity contribution is 0.0518. The zero-order valence-electron chi connectivity index (χ0n) is 15.0. The van der Waals surface area contributed by atoms with Gasteiger partial charge in [-0.2, -0.15) is 10.5 Å². The van der Waals surface area contributed by atoms with E-state index in [0.717, 1.165) is 11.1 Å². The molecule has 0 radical (unpaired) electrons. The van der Waals surface area contributed by atoms with Gasteiger partial charge in [-0.05, 0) is 26.0 Å². The minimum Gasteiger partial charge on any atom is -0.296 e. The largest absolute Gasteiger partial charge is 0.296 e. The number of Topliss-reactive ketones (excluding diaryl/α,β-unsaturated/α-hetero) is 1. The summed E-state index contributed by atoms with van der Waals surface area (Å²) in [5, 5.41) is 19.2. The fourth-order valence-corrected chi connectivity index (χ4v) is 3.87. The van der Waals surface area contributed by atoms with E-state index in [1.165, 1.54) is 0 Å². The van der Waals surface area contributed by atoms with Crippen LogP contribution < -0.4 is 0 Å². The van der Waals surface area contributed by atoms with E-state index in [2.05, 4.69) is 12.1 Å². The molecule has 0 N–H and O–H groups in total. The molecule has 3 rings (SSSR count). The Labute approximate surface area is 154 Å². The summed E-state index contributed by atoms with van der Waals surface area (Å²) in [4.78, 5) is 15.3. The summed E-state index contributed by atoms with van der Waals surface area (Å²) < 4.78 is 0. The van der Waals surface area contributed by atoms with Gasteiger partial charge in [-0.1, -0.05) is 60.2 Å². The number of carbonyl (C=O) groups excluding carboxylic acids is 1. The number of likely N-dealkylation sites (tertiary alicyclic amines) is 1. The number of piperidine rings is 1. The molecule has 0 aliphatic carbocycles. The first kappa shape index (κ1) is 17.9. The van der Waals surface area contributed by atoms with Gasteiger partial charge in [0.05, 0.1) is 12.1 Å². The smallest absolute Gasteiger partial charge is 0.167 e. The molecule has 2 aromatic rings. The second-order valence-corrected chi connectivity index (χ2v) is 7.12. The first-order valence-corrected chi connectivity index (χ1v) is 8.68. The molecule has 4 nitrogen and oxygen atoms in total. The monoisotopic (exact) mass is 343 g/mol. The molecule has 1 aliphatic heterocycles. The molecule has 2 unspecified atom stereocenters. The molecule has 4 heteroatoms. The molecular formula is C22H21N3O. The van der Waals surface area contributed by atoms with E-state index in [1.807, 2.05) is 73.5 Å².